The summed E-state index contributed by atoms with van der Waals surface area (Å²) < 4.78 is 40.4. The van der Waals surface area contributed by atoms with E-state index < -0.39 is 17.6 Å². The van der Waals surface area contributed by atoms with Crippen molar-refractivity contribution in [1.29, 1.82) is 0 Å². The van der Waals surface area contributed by atoms with Crippen LogP contribution in [-0.2, 0) is 12.6 Å². The lowest BCUT2D eigenvalue weighted by Gasteiger charge is -2.09. The summed E-state index contributed by atoms with van der Waals surface area (Å²) in [5.74, 6) is -0.417. The van der Waals surface area contributed by atoms with Gasteiger partial charge in [-0.1, -0.05) is 11.6 Å². The lowest BCUT2D eigenvalue weighted by Crippen LogP contribution is -2.13. The van der Waals surface area contributed by atoms with E-state index in [-0.39, 0.29) is 11.4 Å². The molecule has 0 radical (unpaired) electrons. The molecule has 3 heterocycles. The van der Waals surface area contributed by atoms with Gasteiger partial charge in [0.2, 0.25) is 0 Å². The Bertz CT molecular complexity index is 1250. The number of nitrogens with one attached hydrogen (secondary N) is 1. The molecule has 0 unspecified atom stereocenters. The molecule has 1 aromatic carbocycles. The Hall–Kier alpha value is -2.98. The van der Waals surface area contributed by atoms with Crippen molar-refractivity contribution in [3.05, 3.63) is 75.1 Å². The van der Waals surface area contributed by atoms with Crippen molar-refractivity contribution >= 4 is 39.6 Å². The molecule has 0 spiro atoms. The minimum absolute atomic E-state index is 0.160. The first-order chi connectivity index (χ1) is 14.2. The predicted octanol–water partition coefficient (Wildman–Crippen LogP) is 5.01. The number of nitrogens with zero attached hydrogens (tertiary/aromatic N) is 4. The molecule has 1 N–H and O–H groups in total. The number of amides is 1. The van der Waals surface area contributed by atoms with Gasteiger partial charge in [0.25, 0.3) is 5.91 Å². The number of aromatic nitrogens is 4. The van der Waals surface area contributed by atoms with Crippen molar-refractivity contribution in [3.8, 4) is 0 Å². The van der Waals surface area contributed by atoms with Crippen molar-refractivity contribution in [1.82, 2.24) is 19.6 Å². The minimum Gasteiger partial charge on any atom is -0.298 e. The van der Waals surface area contributed by atoms with Crippen LogP contribution in [0.15, 0.2) is 42.9 Å². The molecule has 0 aliphatic rings. The zero-order chi connectivity index (χ0) is 21.5. The first kappa shape index (κ1) is 20.3. The minimum atomic E-state index is -4.45. The first-order valence-electron chi connectivity index (χ1n) is 8.64. The molecule has 0 fully saturated rings. The average molecular weight is 452 g/mol. The van der Waals surface area contributed by atoms with Gasteiger partial charge in [-0.25, -0.2) is 14.5 Å². The van der Waals surface area contributed by atoms with Gasteiger partial charge in [0.05, 0.1) is 11.3 Å². The van der Waals surface area contributed by atoms with Gasteiger partial charge in [-0.15, -0.1) is 11.3 Å². The summed E-state index contributed by atoms with van der Waals surface area (Å²) in [5, 5.41) is 7.48. The van der Waals surface area contributed by atoms with Crippen LogP contribution in [-0.4, -0.2) is 25.5 Å². The van der Waals surface area contributed by atoms with Gasteiger partial charge in [-0.2, -0.15) is 18.3 Å². The maximum Gasteiger partial charge on any atom is 0.416 e. The van der Waals surface area contributed by atoms with Crippen LogP contribution in [0.1, 0.15) is 32.1 Å². The Morgan fingerprint density at radius 3 is 2.87 bits per heavy atom. The molecule has 0 aliphatic carbocycles. The van der Waals surface area contributed by atoms with E-state index in [1.807, 2.05) is 0 Å². The number of anilines is 1. The summed E-state index contributed by atoms with van der Waals surface area (Å²) >= 11 is 7.21. The molecule has 4 aromatic rings. The third kappa shape index (κ3) is 4.01. The third-order valence-electron chi connectivity index (χ3n) is 4.31. The molecular weight excluding hydrogens is 439 g/mol. The normalized spacial score (nSPS) is 11.8. The summed E-state index contributed by atoms with van der Waals surface area (Å²) in [6.45, 7) is 1.70. The van der Waals surface area contributed by atoms with Crippen molar-refractivity contribution in [2.75, 3.05) is 5.32 Å². The molecule has 0 atom stereocenters. The molecule has 11 heteroatoms. The van der Waals surface area contributed by atoms with Gasteiger partial charge >= 0.3 is 6.18 Å². The van der Waals surface area contributed by atoms with Gasteiger partial charge in [0.15, 0.2) is 10.8 Å². The molecule has 6 nitrogen and oxygen atoms in total. The fraction of sp³-hybridized carbons (Fsp3) is 0.158. The van der Waals surface area contributed by atoms with Gasteiger partial charge in [-0.3, -0.25) is 10.1 Å². The second-order valence-corrected chi connectivity index (χ2v) is 7.94. The van der Waals surface area contributed by atoms with E-state index in [2.05, 4.69) is 20.4 Å². The maximum atomic E-state index is 13.0. The predicted molar refractivity (Wildman–Crippen MR) is 107 cm³/mol. The molecule has 0 saturated heterocycles. The fourth-order valence-corrected chi connectivity index (χ4v) is 3.96. The molecule has 0 aliphatic heterocycles. The van der Waals surface area contributed by atoms with E-state index in [1.165, 1.54) is 16.8 Å². The smallest absolute Gasteiger partial charge is 0.298 e. The number of fused-ring (bicyclic) bond motifs is 1. The molecule has 30 heavy (non-hydrogen) atoms. The second kappa shape index (κ2) is 7.69. The van der Waals surface area contributed by atoms with Gasteiger partial charge in [0.1, 0.15) is 5.56 Å². The molecule has 1 amide bonds. The Morgan fingerprint density at radius 2 is 2.10 bits per heavy atom. The number of halogens is 4. The number of aryl methyl sites for hydroxylation is 1. The maximum absolute atomic E-state index is 13.0. The van der Waals surface area contributed by atoms with E-state index >= 15 is 0 Å². The number of rotatable bonds is 4. The van der Waals surface area contributed by atoms with Gasteiger partial charge < -0.3 is 0 Å². The quantitative estimate of drug-likeness (QED) is 0.473. The van der Waals surface area contributed by atoms with Crippen molar-refractivity contribution < 1.29 is 18.0 Å². The van der Waals surface area contributed by atoms with Crippen molar-refractivity contribution in [2.24, 2.45) is 0 Å². The largest absolute Gasteiger partial charge is 0.416 e. The summed E-state index contributed by atoms with van der Waals surface area (Å²) in [7, 11) is 0. The van der Waals surface area contributed by atoms with Crippen LogP contribution in [0.3, 0.4) is 0 Å². The van der Waals surface area contributed by atoms with E-state index in [9.17, 15) is 18.0 Å². The lowest BCUT2D eigenvalue weighted by molar-refractivity contribution is -0.137. The number of alkyl halides is 3. The standard InChI is InChI=1S/C19H13ClF3N5OS/c1-10-15(16-24-5-2-6-28(16)27-10)17(29)26-18-25-9-13(30-18)8-11-7-12(19(21,22)23)3-4-14(11)20/h2-7,9H,8H2,1H3,(H,25,26,29). The molecule has 0 bridgehead atoms. The van der Waals surface area contributed by atoms with Gasteiger partial charge in [-0.05, 0) is 36.8 Å². The van der Waals surface area contributed by atoms with Crippen LogP contribution in [0.2, 0.25) is 5.02 Å². The van der Waals surface area contributed by atoms with E-state index in [4.69, 9.17) is 11.6 Å². The van der Waals surface area contributed by atoms with Crippen LogP contribution in [0, 0.1) is 6.92 Å². The fourth-order valence-electron chi connectivity index (χ4n) is 2.94. The first-order valence-corrected chi connectivity index (χ1v) is 9.83. The van der Waals surface area contributed by atoms with Crippen LogP contribution in [0.5, 0.6) is 0 Å². The number of benzene rings is 1. The zero-order valence-electron chi connectivity index (χ0n) is 15.4. The van der Waals surface area contributed by atoms with E-state index in [1.54, 1.807) is 25.4 Å². The molecule has 4 rings (SSSR count). The summed E-state index contributed by atoms with van der Waals surface area (Å²) in [6.07, 6.45) is 0.456. The summed E-state index contributed by atoms with van der Waals surface area (Å²) in [5.41, 5.74) is 0.818. The Balaban J connectivity index is 1.54. The van der Waals surface area contributed by atoms with E-state index in [0.717, 1.165) is 23.5 Å². The van der Waals surface area contributed by atoms with Crippen LogP contribution < -0.4 is 5.32 Å². The molecule has 0 saturated carbocycles. The molecule has 3 aromatic heterocycles. The SMILES string of the molecule is Cc1nn2cccnc2c1C(=O)Nc1ncc(Cc2cc(C(F)(F)F)ccc2Cl)s1. The number of thiazole rings is 1. The second-order valence-electron chi connectivity index (χ2n) is 6.41. The Labute approximate surface area is 177 Å². The molecule has 154 valence electrons. The zero-order valence-corrected chi connectivity index (χ0v) is 16.9. The number of hydrogen-bond donors (Lipinski definition) is 1. The average Bonchev–Trinajstić information content (AvgIpc) is 3.25. The Kier molecular flexibility index (Phi) is 5.20. The monoisotopic (exact) mass is 451 g/mol. The van der Waals surface area contributed by atoms with Gasteiger partial charge in [0, 0.05) is 34.9 Å². The summed E-state index contributed by atoms with van der Waals surface area (Å²) in [6, 6.07) is 4.89. The van der Waals surface area contributed by atoms with Crippen molar-refractivity contribution in [2.45, 2.75) is 19.5 Å². The summed E-state index contributed by atoms with van der Waals surface area (Å²) in [4.78, 5) is 21.7. The topological polar surface area (TPSA) is 72.2 Å². The highest BCUT2D eigenvalue weighted by Gasteiger charge is 2.31. The Morgan fingerprint density at radius 1 is 1.30 bits per heavy atom. The number of carbonyl (C=O) groups excluding carboxylic acids is 1. The number of carbonyl (C=O) groups is 1. The highest BCUT2D eigenvalue weighted by atomic mass is 35.5. The van der Waals surface area contributed by atoms with Crippen molar-refractivity contribution in [3.63, 3.8) is 0 Å². The highest BCUT2D eigenvalue weighted by molar-refractivity contribution is 7.15. The molecular formula is C19H13ClF3N5OS. The van der Waals surface area contributed by atoms with Crippen LogP contribution in [0.25, 0.3) is 5.65 Å². The third-order valence-corrected chi connectivity index (χ3v) is 5.59. The van der Waals surface area contributed by atoms with Crippen LogP contribution >= 0.6 is 22.9 Å². The number of hydrogen-bond acceptors (Lipinski definition) is 5. The van der Waals surface area contributed by atoms with E-state index in [0.29, 0.717) is 32.5 Å². The lowest BCUT2D eigenvalue weighted by atomic mass is 10.1. The van der Waals surface area contributed by atoms with Crippen LogP contribution in [0.4, 0.5) is 18.3 Å². The highest BCUT2D eigenvalue weighted by Crippen LogP contribution is 2.33.